The van der Waals surface area contributed by atoms with E-state index >= 15 is 0 Å². The molecule has 1 fully saturated rings. The summed E-state index contributed by atoms with van der Waals surface area (Å²) in [5, 5.41) is 6.44. The molecule has 0 unspecified atom stereocenters. The first-order valence-electron chi connectivity index (χ1n) is 5.24. The number of aryl methyl sites for hydroxylation is 3. The number of aromatic nitrogens is 1. The van der Waals surface area contributed by atoms with Crippen molar-refractivity contribution in [1.82, 2.24) is 15.6 Å². The lowest BCUT2D eigenvalue weighted by Gasteiger charge is -2.11. The van der Waals surface area contributed by atoms with Crippen molar-refractivity contribution in [2.45, 2.75) is 20.8 Å². The average Bonchev–Trinajstić information content (AvgIpc) is 2.48. The van der Waals surface area contributed by atoms with Crippen LogP contribution >= 0.6 is 0 Å². The minimum atomic E-state index is 1.14. The van der Waals surface area contributed by atoms with E-state index in [-0.39, 0.29) is 0 Å². The van der Waals surface area contributed by atoms with E-state index in [4.69, 9.17) is 0 Å². The first-order chi connectivity index (χ1) is 6.70. The van der Waals surface area contributed by atoms with Crippen molar-refractivity contribution in [3.8, 4) is 0 Å². The number of aromatic amines is 1. The number of H-pyrrole nitrogens is 1. The van der Waals surface area contributed by atoms with Gasteiger partial charge in [0, 0.05) is 37.6 Å². The summed E-state index contributed by atoms with van der Waals surface area (Å²) >= 11 is 0. The molecule has 0 saturated carbocycles. The topological polar surface area (TPSA) is 39.8 Å². The summed E-state index contributed by atoms with van der Waals surface area (Å²) in [5.74, 6) is 0. The van der Waals surface area contributed by atoms with Crippen LogP contribution in [0.1, 0.15) is 17.0 Å². The highest BCUT2D eigenvalue weighted by molar-refractivity contribution is 5.21. The summed E-state index contributed by atoms with van der Waals surface area (Å²) in [6, 6.07) is 2.15. The second-order valence-electron chi connectivity index (χ2n) is 3.76. The molecule has 0 aliphatic carbocycles. The molecule has 14 heavy (non-hydrogen) atoms. The second kappa shape index (κ2) is 5.83. The molecule has 3 heteroatoms. The van der Waals surface area contributed by atoms with Crippen LogP contribution in [0.3, 0.4) is 0 Å². The molecule has 0 amide bonds. The fraction of sp³-hybridized carbons (Fsp3) is 0.636. The molecule has 3 N–H and O–H groups in total. The molecule has 2 rings (SSSR count). The van der Waals surface area contributed by atoms with E-state index in [1.54, 1.807) is 0 Å². The lowest BCUT2D eigenvalue weighted by molar-refractivity contribution is 0.534. The third-order valence-corrected chi connectivity index (χ3v) is 2.37. The fourth-order valence-corrected chi connectivity index (χ4v) is 1.47. The summed E-state index contributed by atoms with van der Waals surface area (Å²) in [6.07, 6.45) is 0. The number of rotatable bonds is 0. The maximum absolute atomic E-state index is 3.22. The van der Waals surface area contributed by atoms with Crippen LogP contribution in [0, 0.1) is 20.8 Å². The smallest absolute Gasteiger partial charge is 0.0147 e. The minimum Gasteiger partial charge on any atom is -0.363 e. The SMILES string of the molecule is C1CNCCN1.Cc1cc(C)c(C)[nH]1. The van der Waals surface area contributed by atoms with Crippen molar-refractivity contribution in [3.05, 3.63) is 23.0 Å². The molecule has 0 radical (unpaired) electrons. The van der Waals surface area contributed by atoms with Gasteiger partial charge in [0.25, 0.3) is 0 Å². The van der Waals surface area contributed by atoms with Gasteiger partial charge in [0.2, 0.25) is 0 Å². The van der Waals surface area contributed by atoms with Gasteiger partial charge < -0.3 is 15.6 Å². The Balaban J connectivity index is 0.000000146. The summed E-state index contributed by atoms with van der Waals surface area (Å²) in [7, 11) is 0. The Labute approximate surface area is 86.3 Å². The van der Waals surface area contributed by atoms with Crippen LogP contribution in [0.5, 0.6) is 0 Å². The molecule has 1 saturated heterocycles. The minimum absolute atomic E-state index is 1.14. The molecule has 0 bridgehead atoms. The summed E-state index contributed by atoms with van der Waals surface area (Å²) in [5.41, 5.74) is 3.88. The Morgan fingerprint density at radius 2 is 1.43 bits per heavy atom. The van der Waals surface area contributed by atoms with Gasteiger partial charge in [0.15, 0.2) is 0 Å². The quantitative estimate of drug-likeness (QED) is 0.580. The van der Waals surface area contributed by atoms with E-state index in [0.29, 0.717) is 0 Å². The molecule has 80 valence electrons. The predicted molar refractivity (Wildman–Crippen MR) is 60.7 cm³/mol. The summed E-state index contributed by atoms with van der Waals surface area (Å²) < 4.78 is 0. The predicted octanol–water partition coefficient (Wildman–Crippen LogP) is 1.12. The van der Waals surface area contributed by atoms with Gasteiger partial charge in [-0.05, 0) is 32.4 Å². The van der Waals surface area contributed by atoms with Gasteiger partial charge >= 0.3 is 0 Å². The monoisotopic (exact) mass is 195 g/mol. The number of hydrogen-bond donors (Lipinski definition) is 3. The van der Waals surface area contributed by atoms with E-state index < -0.39 is 0 Å². The summed E-state index contributed by atoms with van der Waals surface area (Å²) in [6.45, 7) is 10.8. The Morgan fingerprint density at radius 3 is 1.57 bits per heavy atom. The molecular weight excluding hydrogens is 174 g/mol. The van der Waals surface area contributed by atoms with Gasteiger partial charge in [-0.15, -0.1) is 0 Å². The number of nitrogens with one attached hydrogen (secondary N) is 3. The van der Waals surface area contributed by atoms with Crippen molar-refractivity contribution in [3.63, 3.8) is 0 Å². The highest BCUT2D eigenvalue weighted by atomic mass is 15.0. The molecule has 0 spiro atoms. The molecule has 0 atom stereocenters. The first kappa shape index (κ1) is 11.3. The largest absolute Gasteiger partial charge is 0.363 e. The molecule has 1 aromatic heterocycles. The van der Waals surface area contributed by atoms with Gasteiger partial charge in [0.05, 0.1) is 0 Å². The zero-order valence-electron chi connectivity index (χ0n) is 9.41. The van der Waals surface area contributed by atoms with Crippen LogP contribution in [0.25, 0.3) is 0 Å². The second-order valence-corrected chi connectivity index (χ2v) is 3.76. The molecule has 1 aromatic rings. The Bertz CT molecular complexity index is 230. The highest BCUT2D eigenvalue weighted by Gasteiger charge is 1.92. The van der Waals surface area contributed by atoms with Gasteiger partial charge in [-0.2, -0.15) is 0 Å². The van der Waals surface area contributed by atoms with Crippen LogP contribution in [-0.4, -0.2) is 31.2 Å². The van der Waals surface area contributed by atoms with Crippen LogP contribution in [0.2, 0.25) is 0 Å². The Morgan fingerprint density at radius 1 is 0.929 bits per heavy atom. The van der Waals surface area contributed by atoms with Crippen molar-refractivity contribution in [2.75, 3.05) is 26.2 Å². The van der Waals surface area contributed by atoms with Gasteiger partial charge in [-0.25, -0.2) is 0 Å². The van der Waals surface area contributed by atoms with E-state index in [0.717, 1.165) is 26.2 Å². The van der Waals surface area contributed by atoms with Gasteiger partial charge in [-0.1, -0.05) is 0 Å². The fourth-order valence-electron chi connectivity index (χ4n) is 1.47. The number of piperazine rings is 1. The van der Waals surface area contributed by atoms with E-state index in [9.17, 15) is 0 Å². The van der Waals surface area contributed by atoms with Crippen molar-refractivity contribution in [1.29, 1.82) is 0 Å². The highest BCUT2D eigenvalue weighted by Crippen LogP contribution is 2.05. The molecule has 1 aliphatic heterocycles. The van der Waals surface area contributed by atoms with Gasteiger partial charge in [0.1, 0.15) is 0 Å². The summed E-state index contributed by atoms with van der Waals surface area (Å²) in [4.78, 5) is 3.21. The maximum Gasteiger partial charge on any atom is 0.0147 e. The number of hydrogen-bond acceptors (Lipinski definition) is 2. The normalized spacial score (nSPS) is 15.9. The first-order valence-corrected chi connectivity index (χ1v) is 5.24. The van der Waals surface area contributed by atoms with Crippen LogP contribution < -0.4 is 10.6 Å². The molecule has 3 nitrogen and oxygen atoms in total. The molecule has 1 aliphatic rings. The molecule has 0 aromatic carbocycles. The maximum atomic E-state index is 3.22. The zero-order chi connectivity index (χ0) is 10.4. The Kier molecular flexibility index (Phi) is 4.70. The molecule has 2 heterocycles. The van der Waals surface area contributed by atoms with E-state index in [1.807, 2.05) is 0 Å². The molecular formula is C11H21N3. The van der Waals surface area contributed by atoms with E-state index in [1.165, 1.54) is 17.0 Å². The van der Waals surface area contributed by atoms with Crippen molar-refractivity contribution < 1.29 is 0 Å². The van der Waals surface area contributed by atoms with Crippen LogP contribution in [0.4, 0.5) is 0 Å². The van der Waals surface area contributed by atoms with Crippen LogP contribution in [0.15, 0.2) is 6.07 Å². The average molecular weight is 195 g/mol. The lowest BCUT2D eigenvalue weighted by atomic mass is 10.3. The van der Waals surface area contributed by atoms with E-state index in [2.05, 4.69) is 42.5 Å². The van der Waals surface area contributed by atoms with Gasteiger partial charge in [-0.3, -0.25) is 0 Å². The lowest BCUT2D eigenvalue weighted by Crippen LogP contribution is -2.39. The zero-order valence-corrected chi connectivity index (χ0v) is 9.41. The Hall–Kier alpha value is -0.800. The third-order valence-electron chi connectivity index (χ3n) is 2.37. The van der Waals surface area contributed by atoms with Crippen molar-refractivity contribution >= 4 is 0 Å². The third kappa shape index (κ3) is 3.94. The van der Waals surface area contributed by atoms with Crippen molar-refractivity contribution in [2.24, 2.45) is 0 Å². The standard InChI is InChI=1S/C7H11N.C4H10N2/c1-5-4-6(2)8-7(5)3;1-2-6-4-3-5-1/h4,8H,1-3H3;5-6H,1-4H2. The van der Waals surface area contributed by atoms with Crippen LogP contribution in [-0.2, 0) is 0 Å².